The molecule has 0 heterocycles. The number of halogens is 3. The lowest BCUT2D eigenvalue weighted by molar-refractivity contribution is -0.155. The Morgan fingerprint density at radius 3 is 2.13 bits per heavy atom. The Bertz CT molecular complexity index is 275. The number of esters is 2. The van der Waals surface area contributed by atoms with Crippen LogP contribution < -0.4 is 0 Å². The molecule has 86 valence electrons. The molecule has 7 heteroatoms. The molecule has 0 aliphatic carbocycles. The molecule has 0 radical (unpaired) electrons. The summed E-state index contributed by atoms with van der Waals surface area (Å²) in [5.74, 6) is -2.23. The first kappa shape index (κ1) is 14.6. The first-order valence-electron chi connectivity index (χ1n) is 3.88. The van der Waals surface area contributed by atoms with E-state index in [4.69, 9.17) is 34.8 Å². The number of rotatable bonds is 5. The van der Waals surface area contributed by atoms with Crippen LogP contribution in [0.3, 0.4) is 0 Å². The van der Waals surface area contributed by atoms with Crippen molar-refractivity contribution in [2.45, 2.75) is 11.3 Å². The largest absolute Gasteiger partial charge is 0.463 e. The summed E-state index contributed by atoms with van der Waals surface area (Å²) in [4.78, 5) is 22.3. The van der Waals surface area contributed by atoms with Gasteiger partial charge in [0.1, 0.15) is 6.61 Å². The molecule has 0 rings (SSSR count). The number of hydrogen-bond donors (Lipinski definition) is 0. The van der Waals surface area contributed by atoms with Crippen LogP contribution in [0.5, 0.6) is 0 Å². The van der Waals surface area contributed by atoms with Crippen LogP contribution in [0, 0.1) is 0 Å². The topological polar surface area (TPSA) is 52.6 Å². The lowest BCUT2D eigenvalue weighted by atomic mass is 10.4. The van der Waals surface area contributed by atoms with Gasteiger partial charge in [-0.3, -0.25) is 0 Å². The number of hydrogen-bond acceptors (Lipinski definition) is 4. The highest BCUT2D eigenvalue weighted by molar-refractivity contribution is 6.66. The Morgan fingerprint density at radius 2 is 1.73 bits per heavy atom. The molecule has 4 nitrogen and oxygen atoms in total. The highest BCUT2D eigenvalue weighted by Crippen LogP contribution is 2.25. The summed E-state index contributed by atoms with van der Waals surface area (Å²) >= 11 is 16.2. The van der Waals surface area contributed by atoms with E-state index in [2.05, 4.69) is 16.1 Å². The van der Waals surface area contributed by atoms with Crippen LogP contribution >= 0.6 is 34.8 Å². The van der Waals surface area contributed by atoms with Gasteiger partial charge in [-0.2, -0.15) is 0 Å². The third kappa shape index (κ3) is 4.73. The lowest BCUT2D eigenvalue weighted by Crippen LogP contribution is -2.38. The molecule has 0 saturated heterocycles. The average molecular weight is 276 g/mol. The van der Waals surface area contributed by atoms with Crippen molar-refractivity contribution in [3.05, 3.63) is 11.6 Å². The fourth-order valence-electron chi connectivity index (χ4n) is 0.540. The normalized spacial score (nSPS) is 10.7. The minimum absolute atomic E-state index is 0.0511. The van der Waals surface area contributed by atoms with Crippen LogP contribution in [-0.4, -0.2) is 29.5 Å². The Labute approximate surface area is 102 Å². The molecule has 0 aliphatic rings. The van der Waals surface area contributed by atoms with E-state index in [1.165, 1.54) is 0 Å². The molecule has 0 amide bonds. The summed E-state index contributed by atoms with van der Waals surface area (Å²) in [6.07, 6.45) is 0. The Hall–Kier alpha value is -0.450. The van der Waals surface area contributed by atoms with E-state index < -0.39 is 16.3 Å². The fourth-order valence-corrected chi connectivity index (χ4v) is 0.812. The summed E-state index contributed by atoms with van der Waals surface area (Å²) in [7, 11) is 0. The minimum atomic E-state index is -2.37. The Balaban J connectivity index is 4.37. The van der Waals surface area contributed by atoms with Gasteiger partial charge < -0.3 is 9.47 Å². The second-order valence-electron chi connectivity index (χ2n) is 2.39. The van der Waals surface area contributed by atoms with E-state index in [1.54, 1.807) is 6.92 Å². The number of carbonyl (C=O) groups is 2. The number of ether oxygens (including phenoxy) is 2. The average Bonchev–Trinajstić information content (AvgIpc) is 2.14. The van der Waals surface area contributed by atoms with E-state index in [-0.39, 0.29) is 18.2 Å². The van der Waals surface area contributed by atoms with Crippen molar-refractivity contribution in [3.8, 4) is 0 Å². The molecule has 0 bridgehead atoms. The van der Waals surface area contributed by atoms with Crippen molar-refractivity contribution in [1.29, 1.82) is 0 Å². The fraction of sp³-hybridized carbons (Fsp3) is 0.500. The van der Waals surface area contributed by atoms with Crippen molar-refractivity contribution < 1.29 is 19.1 Å². The second-order valence-corrected chi connectivity index (χ2v) is 4.25. The van der Waals surface area contributed by atoms with E-state index in [0.29, 0.717) is 0 Å². The summed E-state index contributed by atoms with van der Waals surface area (Å²) in [5, 5.41) is 0.0799. The number of alkyl halides is 2. The van der Waals surface area contributed by atoms with Gasteiger partial charge in [0.05, 0.1) is 6.61 Å². The number of carbonyl (C=O) groups excluding carboxylic acids is 2. The molecule has 0 fully saturated rings. The highest BCUT2D eigenvalue weighted by atomic mass is 35.5. The molecule has 0 saturated carbocycles. The first-order valence-corrected chi connectivity index (χ1v) is 5.01. The van der Waals surface area contributed by atoms with Gasteiger partial charge >= 0.3 is 16.3 Å². The first-order chi connectivity index (χ1) is 6.82. The summed E-state index contributed by atoms with van der Waals surface area (Å²) in [6, 6.07) is 0. The monoisotopic (exact) mass is 274 g/mol. The van der Waals surface area contributed by atoms with Gasteiger partial charge in [-0.25, -0.2) is 9.59 Å². The Kier molecular flexibility index (Phi) is 6.02. The third-order valence-corrected chi connectivity index (χ3v) is 1.87. The zero-order valence-electron chi connectivity index (χ0n) is 7.89. The van der Waals surface area contributed by atoms with Crippen LogP contribution in [0.4, 0.5) is 0 Å². The third-order valence-electron chi connectivity index (χ3n) is 1.15. The molecular formula is C8H9Cl3O4. The highest BCUT2D eigenvalue weighted by Gasteiger charge is 2.45. The predicted octanol–water partition coefficient (Wildman–Crippen LogP) is 2.02. The molecule has 0 N–H and O–H groups in total. The van der Waals surface area contributed by atoms with Gasteiger partial charge in [-0.15, -0.1) is 0 Å². The van der Waals surface area contributed by atoms with Gasteiger partial charge in [0.2, 0.25) is 0 Å². The molecule has 0 atom stereocenters. The van der Waals surface area contributed by atoms with Gasteiger partial charge in [0.25, 0.3) is 0 Å². The zero-order valence-corrected chi connectivity index (χ0v) is 10.2. The van der Waals surface area contributed by atoms with Crippen LogP contribution in [0.1, 0.15) is 6.92 Å². The summed E-state index contributed by atoms with van der Waals surface area (Å²) in [6.45, 7) is 4.60. The minimum Gasteiger partial charge on any atom is -0.463 e. The maximum absolute atomic E-state index is 11.2. The lowest BCUT2D eigenvalue weighted by Gasteiger charge is -2.15. The standard InChI is InChI=1S/C8H9Cl3O4/c1-3-14-6(12)8(10,11)7(13)15-4-5(2)9/h2-4H2,1H3. The summed E-state index contributed by atoms with van der Waals surface area (Å²) in [5.41, 5.74) is 0. The molecule has 0 spiro atoms. The molecule has 0 aliphatic heterocycles. The molecular weight excluding hydrogens is 266 g/mol. The second kappa shape index (κ2) is 6.20. The van der Waals surface area contributed by atoms with E-state index >= 15 is 0 Å². The van der Waals surface area contributed by atoms with Gasteiger partial charge in [0.15, 0.2) is 0 Å². The maximum atomic E-state index is 11.2. The van der Waals surface area contributed by atoms with Crippen molar-refractivity contribution in [2.24, 2.45) is 0 Å². The van der Waals surface area contributed by atoms with Crippen molar-refractivity contribution >= 4 is 46.7 Å². The SMILES string of the molecule is C=C(Cl)COC(=O)C(Cl)(Cl)C(=O)OCC. The van der Waals surface area contributed by atoms with E-state index in [0.717, 1.165) is 0 Å². The summed E-state index contributed by atoms with van der Waals surface area (Å²) < 4.78 is 6.60. The smallest absolute Gasteiger partial charge is 0.354 e. The van der Waals surface area contributed by atoms with E-state index in [9.17, 15) is 9.59 Å². The molecule has 0 unspecified atom stereocenters. The van der Waals surface area contributed by atoms with Crippen molar-refractivity contribution in [3.63, 3.8) is 0 Å². The van der Waals surface area contributed by atoms with Crippen LogP contribution in [0.15, 0.2) is 11.6 Å². The Morgan fingerprint density at radius 1 is 1.27 bits per heavy atom. The van der Waals surface area contributed by atoms with Crippen LogP contribution in [0.25, 0.3) is 0 Å². The molecule has 0 aromatic carbocycles. The molecule has 15 heavy (non-hydrogen) atoms. The molecule has 0 aromatic rings. The zero-order chi connectivity index (χ0) is 12.1. The van der Waals surface area contributed by atoms with E-state index in [1.807, 2.05) is 0 Å². The van der Waals surface area contributed by atoms with Crippen molar-refractivity contribution in [1.82, 2.24) is 0 Å². The molecule has 0 aromatic heterocycles. The van der Waals surface area contributed by atoms with Gasteiger partial charge in [-0.1, -0.05) is 41.4 Å². The predicted molar refractivity (Wildman–Crippen MR) is 57.0 cm³/mol. The quantitative estimate of drug-likeness (QED) is 0.437. The van der Waals surface area contributed by atoms with Gasteiger partial charge in [-0.05, 0) is 6.92 Å². The van der Waals surface area contributed by atoms with Crippen LogP contribution in [0.2, 0.25) is 0 Å². The van der Waals surface area contributed by atoms with Crippen LogP contribution in [-0.2, 0) is 19.1 Å². The van der Waals surface area contributed by atoms with Crippen molar-refractivity contribution in [2.75, 3.05) is 13.2 Å². The maximum Gasteiger partial charge on any atom is 0.354 e. The van der Waals surface area contributed by atoms with Gasteiger partial charge in [0, 0.05) is 5.03 Å².